The maximum absolute atomic E-state index is 12.4. The summed E-state index contributed by atoms with van der Waals surface area (Å²) in [6.07, 6.45) is 11.0. The van der Waals surface area contributed by atoms with Crippen LogP contribution in [-0.2, 0) is 12.8 Å². The zero-order chi connectivity index (χ0) is 34.1. The molecule has 0 radical (unpaired) electrons. The predicted molar refractivity (Wildman–Crippen MR) is 206 cm³/mol. The van der Waals surface area contributed by atoms with Crippen molar-refractivity contribution in [1.82, 2.24) is 0 Å². The smallest absolute Gasteiger partial charge is 0.196 e. The number of hydrogen-bond donors (Lipinski definition) is 0. The number of fused-ring (bicyclic) bond motifs is 2. The molecule has 0 aliphatic rings. The van der Waals surface area contributed by atoms with Gasteiger partial charge in [-0.25, -0.2) is 0 Å². The Kier molecular flexibility index (Phi) is 15.5. The molecule has 0 saturated carbocycles. The third kappa shape index (κ3) is 10.9. The molecule has 2 aromatic heterocycles. The average Bonchev–Trinajstić information content (AvgIpc) is 3.11. The van der Waals surface area contributed by atoms with Crippen molar-refractivity contribution in [3.63, 3.8) is 0 Å². The van der Waals surface area contributed by atoms with Gasteiger partial charge < -0.3 is 8.83 Å². The number of para-hydroxylation sites is 2. The molecule has 0 spiro atoms. The van der Waals surface area contributed by atoms with Crippen LogP contribution in [0.1, 0.15) is 87.5 Å². The van der Waals surface area contributed by atoms with Crippen LogP contribution < -0.4 is 10.9 Å². The first-order valence-electron chi connectivity index (χ1n) is 17.3. The Morgan fingerprint density at radius 3 is 1.56 bits per heavy atom. The molecule has 252 valence electrons. The van der Waals surface area contributed by atoms with E-state index in [1.54, 1.807) is 23.5 Å². The van der Waals surface area contributed by atoms with Gasteiger partial charge in [-0.2, -0.15) is 0 Å². The van der Waals surface area contributed by atoms with E-state index >= 15 is 0 Å². The van der Waals surface area contributed by atoms with Crippen molar-refractivity contribution in [2.24, 2.45) is 0 Å². The number of aryl methyl sites for hydroxylation is 2. The van der Waals surface area contributed by atoms with Crippen LogP contribution in [0.3, 0.4) is 0 Å². The molecule has 0 aliphatic carbocycles. The first kappa shape index (κ1) is 37.2. The molecule has 0 saturated heterocycles. The number of rotatable bonds is 14. The molecule has 4 nitrogen and oxygen atoms in total. The quantitative estimate of drug-likeness (QED) is 0.0661. The van der Waals surface area contributed by atoms with Gasteiger partial charge in [0.2, 0.25) is 0 Å². The fourth-order valence-corrected chi connectivity index (χ4v) is 7.15. The van der Waals surface area contributed by atoms with E-state index in [1.165, 1.54) is 30.4 Å². The topological polar surface area (TPSA) is 60.4 Å². The Hall–Kier alpha value is -3.66. The van der Waals surface area contributed by atoms with Crippen molar-refractivity contribution < 1.29 is 8.83 Å². The minimum absolute atomic E-state index is 0.0729. The molecule has 6 heteroatoms. The summed E-state index contributed by atoms with van der Waals surface area (Å²) >= 11 is 3.26. The lowest BCUT2D eigenvalue weighted by Gasteiger charge is -2.07. The van der Waals surface area contributed by atoms with Gasteiger partial charge in [0, 0.05) is 35.5 Å². The molecule has 0 amide bonds. The van der Waals surface area contributed by atoms with Crippen LogP contribution in [-0.4, -0.2) is 11.5 Å². The molecule has 0 unspecified atom stereocenters. The molecular formula is C42H48O4S2. The summed E-state index contributed by atoms with van der Waals surface area (Å²) in [6, 6.07) is 23.9. The normalized spacial score (nSPS) is 10.8. The van der Waals surface area contributed by atoms with E-state index in [2.05, 4.69) is 50.0 Å². The fraction of sp³-hybridized carbons (Fsp3) is 0.381. The van der Waals surface area contributed by atoms with Gasteiger partial charge in [-0.05, 0) is 87.8 Å². The second kappa shape index (κ2) is 20.0. The highest BCUT2D eigenvalue weighted by Crippen LogP contribution is 2.27. The molecule has 0 aliphatic heterocycles. The van der Waals surface area contributed by atoms with Gasteiger partial charge in [-0.15, -0.1) is 11.8 Å². The van der Waals surface area contributed by atoms with Crippen LogP contribution >= 0.6 is 23.5 Å². The number of unbranched alkanes of at least 4 members (excludes halogenated alkanes) is 4. The molecule has 48 heavy (non-hydrogen) atoms. The minimum Gasteiger partial charge on any atom is -0.449 e. The van der Waals surface area contributed by atoms with Crippen LogP contribution in [0.2, 0.25) is 0 Å². The van der Waals surface area contributed by atoms with Crippen molar-refractivity contribution in [3.8, 4) is 11.8 Å². The van der Waals surface area contributed by atoms with E-state index < -0.39 is 0 Å². The highest BCUT2D eigenvalue weighted by Gasteiger charge is 2.12. The highest BCUT2D eigenvalue weighted by molar-refractivity contribution is 7.99. The number of benzene rings is 3. The minimum atomic E-state index is 0.0729. The third-order valence-electron chi connectivity index (χ3n) is 8.08. The van der Waals surface area contributed by atoms with Gasteiger partial charge in [-0.3, -0.25) is 9.59 Å². The van der Waals surface area contributed by atoms with E-state index in [-0.39, 0.29) is 10.9 Å². The Bertz CT molecular complexity index is 1930. The lowest BCUT2D eigenvalue weighted by Crippen LogP contribution is -2.06. The second-order valence-electron chi connectivity index (χ2n) is 12.0. The lowest BCUT2D eigenvalue weighted by molar-refractivity contribution is 0.492. The molecule has 5 aromatic rings. The maximum Gasteiger partial charge on any atom is 0.196 e. The Morgan fingerprint density at radius 2 is 1.04 bits per heavy atom. The van der Waals surface area contributed by atoms with Crippen LogP contribution in [0, 0.1) is 25.7 Å². The second-order valence-corrected chi connectivity index (χ2v) is 14.1. The maximum atomic E-state index is 12.4. The number of thioether (sulfide) groups is 2. The SMILES string of the molecule is CCCCC#CCCCSc1oc2ccccc2c(=O)c1C.CCCc1ccc(CCCCSc2oc3ccccc3c(=O)c2C)cc1. The third-order valence-corrected chi connectivity index (χ3v) is 10.4. The Balaban J connectivity index is 0.000000220. The Morgan fingerprint density at radius 1 is 0.562 bits per heavy atom. The van der Waals surface area contributed by atoms with Crippen molar-refractivity contribution in [2.45, 2.75) is 102 Å². The summed E-state index contributed by atoms with van der Waals surface area (Å²) in [5.74, 6) is 8.29. The summed E-state index contributed by atoms with van der Waals surface area (Å²) in [5.41, 5.74) is 5.76. The van der Waals surface area contributed by atoms with Gasteiger partial charge in [0.25, 0.3) is 0 Å². The van der Waals surface area contributed by atoms with E-state index in [9.17, 15) is 9.59 Å². The van der Waals surface area contributed by atoms with Crippen LogP contribution in [0.4, 0.5) is 0 Å². The van der Waals surface area contributed by atoms with E-state index in [0.717, 1.165) is 72.2 Å². The summed E-state index contributed by atoms with van der Waals surface area (Å²) in [6.45, 7) is 8.09. The molecular weight excluding hydrogens is 633 g/mol. The van der Waals surface area contributed by atoms with E-state index in [0.29, 0.717) is 27.5 Å². The fourth-order valence-electron chi connectivity index (χ4n) is 5.23. The van der Waals surface area contributed by atoms with Crippen LogP contribution in [0.5, 0.6) is 0 Å². The summed E-state index contributed by atoms with van der Waals surface area (Å²) in [4.78, 5) is 24.7. The van der Waals surface area contributed by atoms with E-state index in [1.807, 2.05) is 62.4 Å². The van der Waals surface area contributed by atoms with E-state index in [4.69, 9.17) is 8.83 Å². The summed E-state index contributed by atoms with van der Waals surface area (Å²) < 4.78 is 11.8. The first-order chi connectivity index (χ1) is 23.4. The lowest BCUT2D eigenvalue weighted by atomic mass is 10.0. The first-order valence-corrected chi connectivity index (χ1v) is 19.2. The van der Waals surface area contributed by atoms with Crippen LogP contribution in [0.25, 0.3) is 21.9 Å². The van der Waals surface area contributed by atoms with Gasteiger partial charge in [-0.1, -0.05) is 98.7 Å². The molecule has 5 rings (SSSR count). The Labute approximate surface area is 294 Å². The molecule has 0 N–H and O–H groups in total. The summed E-state index contributed by atoms with van der Waals surface area (Å²) in [7, 11) is 0. The highest BCUT2D eigenvalue weighted by atomic mass is 32.2. The zero-order valence-electron chi connectivity index (χ0n) is 28.9. The van der Waals surface area contributed by atoms with Gasteiger partial charge in [0.1, 0.15) is 11.2 Å². The van der Waals surface area contributed by atoms with Gasteiger partial charge >= 0.3 is 0 Å². The molecule has 3 aromatic carbocycles. The molecule has 2 heterocycles. The predicted octanol–water partition coefficient (Wildman–Crippen LogP) is 11.3. The van der Waals surface area contributed by atoms with Crippen molar-refractivity contribution >= 4 is 45.5 Å². The van der Waals surface area contributed by atoms with Gasteiger partial charge in [0.05, 0.1) is 10.8 Å². The van der Waals surface area contributed by atoms with Crippen molar-refractivity contribution in [2.75, 3.05) is 11.5 Å². The molecule has 0 fully saturated rings. The average molecular weight is 681 g/mol. The molecule has 0 bridgehead atoms. The van der Waals surface area contributed by atoms with Crippen molar-refractivity contribution in [3.05, 3.63) is 115 Å². The largest absolute Gasteiger partial charge is 0.449 e. The zero-order valence-corrected chi connectivity index (χ0v) is 30.5. The molecule has 0 atom stereocenters. The monoisotopic (exact) mass is 680 g/mol. The standard InChI is InChI=1S/C23H26O2S.C19H22O2S/c1-3-8-18-12-14-19(15-13-18)9-6-7-16-26-23-17(2)22(24)20-10-4-5-11-21(20)25-23;1-3-4-5-6-7-8-11-14-22-19-15(2)18(20)16-12-9-10-13-17(16)21-19/h4-5,10-15H,3,6-9,16H2,1-2H3;9-10,12-13H,3-5,8,11,14H2,1-2H3. The van der Waals surface area contributed by atoms with Crippen molar-refractivity contribution in [1.29, 1.82) is 0 Å². The van der Waals surface area contributed by atoms with Crippen LogP contribution in [0.15, 0.2) is 101 Å². The number of hydrogen-bond acceptors (Lipinski definition) is 6. The van der Waals surface area contributed by atoms with Gasteiger partial charge in [0.15, 0.2) is 21.0 Å². The summed E-state index contributed by atoms with van der Waals surface area (Å²) in [5, 5.41) is 2.83.